The summed E-state index contributed by atoms with van der Waals surface area (Å²) in [5, 5.41) is 27.7. The maximum Gasteiger partial charge on any atom is 0.238 e. The molecule has 0 amide bonds. The molecule has 0 fully saturated rings. The highest BCUT2D eigenvalue weighted by Crippen LogP contribution is 2.54. The van der Waals surface area contributed by atoms with E-state index in [0.29, 0.717) is 52.7 Å². The molecule has 0 radical (unpaired) electrons. The van der Waals surface area contributed by atoms with Gasteiger partial charge in [-0.3, -0.25) is 9.13 Å². The van der Waals surface area contributed by atoms with Gasteiger partial charge in [-0.1, -0.05) is 382 Å². The van der Waals surface area contributed by atoms with Crippen LogP contribution in [0, 0.1) is 0 Å². The molecular weight excluding hydrogens is 1840 g/mol. The minimum atomic E-state index is 0.564. The van der Waals surface area contributed by atoms with Gasteiger partial charge in [0.15, 0.2) is 40.8 Å². The summed E-state index contributed by atoms with van der Waals surface area (Å²) in [7, 11) is 0. The second kappa shape index (κ2) is 33.5. The number of furan rings is 3. The number of fused-ring (bicyclic) bond motifs is 9. The van der Waals surface area contributed by atoms with Gasteiger partial charge in [0.25, 0.3) is 0 Å². The molecule has 0 aliphatic carbocycles. The van der Waals surface area contributed by atoms with Crippen molar-refractivity contribution < 1.29 is 13.3 Å². The highest BCUT2D eigenvalue weighted by Gasteiger charge is 2.32. The molecule has 9 heterocycles. The van der Waals surface area contributed by atoms with E-state index >= 15 is 0 Å². The molecule has 15 heteroatoms. The molecule has 15 nitrogen and oxygen atoms in total. The van der Waals surface area contributed by atoms with Gasteiger partial charge in [-0.2, -0.15) is 19.9 Å². The SMILES string of the molecule is c1ccc(-c2cc3c4ccccc4c4cccc5oc6ccc7c(c6c54)c3c(c2)n7-c2nc(-c3ccccc3)nc(-c3ccccc3)n2)cc1.c1ccc(-c2nc(-c3ccccc3)nc(-c3ccc4c(c3)c3cccc5oc6ccc7c(c6c53)c3c4cccc3n7-c3ccccc3)n2)cc1.c1ccc(-c2nc(-c3ccccc3)nc(-n3c4cccc5c6ccccc6c6cccc7oc8c(-c9ccccc9)cc3c(c8c76)c54)n2)cc1. The second-order valence-corrected chi connectivity index (χ2v) is 38.3. The lowest BCUT2D eigenvalue weighted by molar-refractivity contribution is 0.669. The van der Waals surface area contributed by atoms with Crippen molar-refractivity contribution in [1.82, 2.24) is 58.6 Å². The molecule has 0 aliphatic heterocycles. The maximum atomic E-state index is 6.89. The van der Waals surface area contributed by atoms with Crippen LogP contribution in [-0.2, 0) is 0 Å². The van der Waals surface area contributed by atoms with E-state index in [9.17, 15) is 0 Å². The van der Waals surface area contributed by atoms with E-state index in [1.165, 1.54) is 48.5 Å². The molecule has 33 rings (SSSR count). The molecule has 0 aliphatic rings. The summed E-state index contributed by atoms with van der Waals surface area (Å²) in [5.74, 6) is 5.52. The van der Waals surface area contributed by atoms with Gasteiger partial charge in [0, 0.05) is 115 Å². The number of nitrogens with zero attached hydrogens (tertiary/aromatic N) is 12. The third kappa shape index (κ3) is 13.1. The Morgan fingerprint density at radius 1 is 0.140 bits per heavy atom. The van der Waals surface area contributed by atoms with Crippen molar-refractivity contribution in [1.29, 1.82) is 0 Å². The molecule has 0 saturated carbocycles. The minimum Gasteiger partial charge on any atom is -0.456 e. The lowest BCUT2D eigenvalue weighted by Crippen LogP contribution is -2.06. The largest absolute Gasteiger partial charge is 0.456 e. The molecule has 0 unspecified atom stereocenters. The Labute approximate surface area is 854 Å². The van der Waals surface area contributed by atoms with Gasteiger partial charge >= 0.3 is 0 Å². The summed E-state index contributed by atoms with van der Waals surface area (Å²) >= 11 is 0. The number of benzene rings is 21. The van der Waals surface area contributed by atoms with Crippen molar-refractivity contribution in [3.63, 3.8) is 0 Å². The molecule has 696 valence electrons. The van der Waals surface area contributed by atoms with Gasteiger partial charge < -0.3 is 17.8 Å². The van der Waals surface area contributed by atoms with Crippen LogP contribution in [-0.4, -0.2) is 58.6 Å². The molecule has 0 spiro atoms. The monoisotopic (exact) mass is 1910 g/mol. The summed E-state index contributed by atoms with van der Waals surface area (Å²) in [5.41, 5.74) is 23.7. The quantitative estimate of drug-likeness (QED) is 0.114. The molecule has 0 bridgehead atoms. The maximum absolute atomic E-state index is 6.89. The standard InChI is InChI=1S/3C45H26N4O/c1-4-12-27(13-5-1)43-46-44(28-14-6-2-7-15-28)48-45(47-43)29-22-23-31-32-18-10-20-35-39(32)41-36(49(35)30-16-8-3-9-17-30)24-25-38-42(41)40-33(34(31)26-29)19-11-21-37(40)50-38;1-4-14-27(15-5-1)34-26-36-40-38-32(30-20-10-11-21-31(30)33-23-13-25-37-39(33)41(40)42(34)50-37)22-12-24-35(38)49(36)45-47-43(28-16-6-2-7-17-28)46-44(48-45)29-18-8-3-9-19-29;1-4-13-27(14-5-1)30-25-34-32-20-11-10-19-31(32)33-21-12-22-37-40(33)42-38(50-37)24-23-35-41(42)39(34)36(26-30)49(35)45-47-43(28-15-6-2-7-16-28)46-44(48-45)29-17-8-3-9-18-29/h3*1-26H. The van der Waals surface area contributed by atoms with E-state index < -0.39 is 0 Å². The van der Waals surface area contributed by atoms with Crippen LogP contribution in [0.15, 0.2) is 486 Å². The van der Waals surface area contributed by atoms with Gasteiger partial charge in [-0.25, -0.2) is 24.9 Å². The third-order valence-corrected chi connectivity index (χ3v) is 30.0. The summed E-state index contributed by atoms with van der Waals surface area (Å²) in [6.07, 6.45) is 0. The molecule has 0 saturated heterocycles. The average Bonchev–Trinajstić information content (AvgIpc) is 1.54. The molecular formula is C135H78N12O3. The van der Waals surface area contributed by atoms with Crippen LogP contribution in [0.4, 0.5) is 0 Å². The predicted octanol–water partition coefficient (Wildman–Crippen LogP) is 34.8. The van der Waals surface area contributed by atoms with E-state index in [2.05, 4.69) is 305 Å². The van der Waals surface area contributed by atoms with Crippen LogP contribution in [0.3, 0.4) is 0 Å². The van der Waals surface area contributed by atoms with E-state index in [4.69, 9.17) is 58.1 Å². The topological polar surface area (TPSA) is 170 Å². The zero-order chi connectivity index (χ0) is 98.3. The van der Waals surface area contributed by atoms with Gasteiger partial charge in [0.2, 0.25) is 11.9 Å². The predicted molar refractivity (Wildman–Crippen MR) is 612 cm³/mol. The van der Waals surface area contributed by atoms with Gasteiger partial charge in [0.05, 0.1) is 33.1 Å². The Hall–Kier alpha value is -20.5. The fraction of sp³-hybridized carbons (Fsp3) is 0. The van der Waals surface area contributed by atoms with E-state index in [-0.39, 0.29) is 0 Å². The molecule has 24 aromatic carbocycles. The lowest BCUT2D eigenvalue weighted by Gasteiger charge is -2.12. The fourth-order valence-corrected chi connectivity index (χ4v) is 23.5. The van der Waals surface area contributed by atoms with E-state index in [0.717, 1.165) is 214 Å². The highest BCUT2D eigenvalue weighted by atomic mass is 16.3. The van der Waals surface area contributed by atoms with Crippen LogP contribution in [0.1, 0.15) is 0 Å². The van der Waals surface area contributed by atoms with Crippen molar-refractivity contribution in [2.75, 3.05) is 0 Å². The average molecular weight is 1920 g/mol. The van der Waals surface area contributed by atoms with Gasteiger partial charge in [-0.15, -0.1) is 0 Å². The van der Waals surface area contributed by atoms with Gasteiger partial charge in [0.1, 0.15) is 33.5 Å². The molecule has 9 aromatic heterocycles. The Morgan fingerprint density at radius 2 is 0.427 bits per heavy atom. The number of aromatic nitrogens is 12. The van der Waals surface area contributed by atoms with Crippen LogP contribution >= 0.6 is 0 Å². The first-order chi connectivity index (χ1) is 74.4. The molecule has 0 atom stereocenters. The number of para-hydroxylation sites is 1. The van der Waals surface area contributed by atoms with E-state index in [1.807, 2.05) is 182 Å². The second-order valence-electron chi connectivity index (χ2n) is 38.3. The Kier molecular flexibility index (Phi) is 18.8. The van der Waals surface area contributed by atoms with Crippen LogP contribution in [0.25, 0.3) is 315 Å². The van der Waals surface area contributed by atoms with Crippen LogP contribution in [0.2, 0.25) is 0 Å². The third-order valence-electron chi connectivity index (χ3n) is 30.0. The first-order valence-corrected chi connectivity index (χ1v) is 50.4. The summed E-state index contributed by atoms with van der Waals surface area (Å²) in [4.78, 5) is 46.0. The molecule has 150 heavy (non-hydrogen) atoms. The molecule has 33 aromatic rings. The van der Waals surface area contributed by atoms with Crippen molar-refractivity contribution in [2.45, 2.75) is 0 Å². The Balaban J connectivity index is 0.000000101. The lowest BCUT2D eigenvalue weighted by atomic mass is 9.92. The van der Waals surface area contributed by atoms with Crippen molar-refractivity contribution in [3.8, 4) is 120 Å². The summed E-state index contributed by atoms with van der Waals surface area (Å²) in [6.45, 7) is 0. The Morgan fingerprint density at radius 3 is 0.860 bits per heavy atom. The van der Waals surface area contributed by atoms with Gasteiger partial charge in [-0.05, 0) is 172 Å². The van der Waals surface area contributed by atoms with Crippen molar-refractivity contribution in [2.24, 2.45) is 0 Å². The normalized spacial score (nSPS) is 12.0. The fourth-order valence-electron chi connectivity index (χ4n) is 23.5. The summed E-state index contributed by atoms with van der Waals surface area (Å²) < 4.78 is 27.0. The zero-order valence-electron chi connectivity index (χ0n) is 80.1. The number of hydrogen-bond acceptors (Lipinski definition) is 12. The van der Waals surface area contributed by atoms with Crippen molar-refractivity contribution >= 4 is 196 Å². The van der Waals surface area contributed by atoms with Crippen LogP contribution < -0.4 is 0 Å². The zero-order valence-corrected chi connectivity index (χ0v) is 80.1. The van der Waals surface area contributed by atoms with Crippen LogP contribution in [0.5, 0.6) is 0 Å². The number of rotatable bonds is 12. The number of hydrogen-bond donors (Lipinski definition) is 0. The highest BCUT2D eigenvalue weighted by molar-refractivity contribution is 6.42. The van der Waals surface area contributed by atoms with Crippen molar-refractivity contribution in [3.05, 3.63) is 473 Å². The smallest absolute Gasteiger partial charge is 0.238 e. The van der Waals surface area contributed by atoms with E-state index in [1.54, 1.807) is 0 Å². The minimum absolute atomic E-state index is 0.564. The molecule has 0 N–H and O–H groups in total. The summed E-state index contributed by atoms with van der Waals surface area (Å²) in [6, 6.07) is 165. The Bertz CT molecular complexity index is 10900. The first-order valence-electron chi connectivity index (χ1n) is 50.4. The first kappa shape index (κ1) is 84.0.